The number of nitrogens with one attached hydrogen (secondary N) is 1. The fourth-order valence-electron chi connectivity index (χ4n) is 1.35. The molecule has 15 heavy (non-hydrogen) atoms. The summed E-state index contributed by atoms with van der Waals surface area (Å²) < 4.78 is 23.7. The highest BCUT2D eigenvalue weighted by molar-refractivity contribution is 7.92. The van der Waals surface area contributed by atoms with Crippen LogP contribution < -0.4 is 5.32 Å². The minimum atomic E-state index is -2.89. The number of hydrogen-bond acceptors (Lipinski definition) is 3. The smallest absolute Gasteiger partial charge is 0.154 e. The fourth-order valence-corrected chi connectivity index (χ4v) is 2.90. The lowest BCUT2D eigenvalue weighted by Crippen LogP contribution is -2.33. The van der Waals surface area contributed by atoms with Crippen LogP contribution in [0.3, 0.4) is 0 Å². The van der Waals surface area contributed by atoms with Crippen LogP contribution in [0.25, 0.3) is 0 Å². The van der Waals surface area contributed by atoms with E-state index in [1.807, 2.05) is 6.92 Å². The Morgan fingerprint density at radius 3 is 2.33 bits per heavy atom. The second kappa shape index (κ2) is 5.30. The van der Waals surface area contributed by atoms with Crippen LogP contribution in [-0.4, -0.2) is 32.0 Å². The minimum Gasteiger partial charge on any atom is -0.313 e. The summed E-state index contributed by atoms with van der Waals surface area (Å²) in [4.78, 5) is 0. The lowest BCUT2D eigenvalue weighted by Gasteiger charge is -2.14. The van der Waals surface area contributed by atoms with Gasteiger partial charge in [-0.25, -0.2) is 8.42 Å². The zero-order chi connectivity index (χ0) is 11.5. The van der Waals surface area contributed by atoms with Crippen molar-refractivity contribution < 1.29 is 8.42 Å². The molecule has 1 rings (SSSR count). The van der Waals surface area contributed by atoms with Crippen LogP contribution in [-0.2, 0) is 9.84 Å². The van der Waals surface area contributed by atoms with E-state index in [4.69, 9.17) is 0 Å². The average molecular weight is 233 g/mol. The molecule has 0 spiro atoms. The lowest BCUT2D eigenvalue weighted by molar-refractivity contribution is 0.554. The molecule has 1 fully saturated rings. The van der Waals surface area contributed by atoms with Crippen molar-refractivity contribution in [2.24, 2.45) is 5.92 Å². The predicted molar refractivity (Wildman–Crippen MR) is 63.7 cm³/mol. The van der Waals surface area contributed by atoms with Gasteiger partial charge in [0.25, 0.3) is 0 Å². The van der Waals surface area contributed by atoms with E-state index < -0.39 is 9.84 Å². The first-order valence-corrected chi connectivity index (χ1v) is 7.58. The van der Waals surface area contributed by atoms with Gasteiger partial charge in [0.2, 0.25) is 0 Å². The van der Waals surface area contributed by atoms with Crippen molar-refractivity contribution in [1.29, 1.82) is 0 Å². The Labute approximate surface area is 93.6 Å². The zero-order valence-electron chi connectivity index (χ0n) is 9.99. The third-order valence-electron chi connectivity index (χ3n) is 2.86. The summed E-state index contributed by atoms with van der Waals surface area (Å²) in [5.41, 5.74) is 0. The van der Waals surface area contributed by atoms with E-state index >= 15 is 0 Å². The molecule has 0 saturated heterocycles. The molecule has 0 aliphatic heterocycles. The van der Waals surface area contributed by atoms with Crippen LogP contribution in [0.2, 0.25) is 0 Å². The Kier molecular flexibility index (Phi) is 4.59. The molecule has 1 aliphatic rings. The van der Waals surface area contributed by atoms with Gasteiger partial charge in [-0.2, -0.15) is 0 Å². The molecule has 0 radical (unpaired) electrons. The van der Waals surface area contributed by atoms with Crippen molar-refractivity contribution in [1.82, 2.24) is 5.32 Å². The highest BCUT2D eigenvalue weighted by Crippen LogP contribution is 2.19. The second-order valence-electron chi connectivity index (χ2n) is 5.04. The van der Waals surface area contributed by atoms with Crippen molar-refractivity contribution in [3.63, 3.8) is 0 Å². The van der Waals surface area contributed by atoms with Crippen molar-refractivity contribution in [3.05, 3.63) is 0 Å². The van der Waals surface area contributed by atoms with E-state index in [9.17, 15) is 8.42 Å². The van der Waals surface area contributed by atoms with E-state index in [0.29, 0.717) is 24.3 Å². The first kappa shape index (κ1) is 13.0. The van der Waals surface area contributed by atoms with E-state index in [1.165, 1.54) is 12.8 Å². The van der Waals surface area contributed by atoms with E-state index in [-0.39, 0.29) is 5.25 Å². The van der Waals surface area contributed by atoms with Crippen molar-refractivity contribution in [3.8, 4) is 0 Å². The largest absolute Gasteiger partial charge is 0.313 e. The molecule has 1 aliphatic carbocycles. The normalized spacial score (nSPS) is 19.5. The zero-order valence-corrected chi connectivity index (χ0v) is 10.8. The fraction of sp³-hybridized carbons (Fsp3) is 1.00. The van der Waals surface area contributed by atoms with Crippen molar-refractivity contribution in [2.45, 2.75) is 51.3 Å². The standard InChI is InChI=1S/C11H23NO2S/c1-9(2)6-7-15(13,14)10(3)8-12-11-4-5-11/h9-12H,4-8H2,1-3H3. The molecule has 90 valence electrons. The molecule has 1 unspecified atom stereocenters. The molecule has 1 atom stereocenters. The Morgan fingerprint density at radius 1 is 1.27 bits per heavy atom. The molecule has 1 N–H and O–H groups in total. The van der Waals surface area contributed by atoms with Crippen LogP contribution in [0, 0.1) is 5.92 Å². The first-order chi connectivity index (χ1) is 6.92. The third kappa shape index (κ3) is 4.98. The lowest BCUT2D eigenvalue weighted by atomic mass is 10.2. The summed E-state index contributed by atoms with van der Waals surface area (Å²) in [6.07, 6.45) is 3.19. The van der Waals surface area contributed by atoms with E-state index in [1.54, 1.807) is 0 Å². The summed E-state index contributed by atoms with van der Waals surface area (Å²) in [6, 6.07) is 0.591. The highest BCUT2D eigenvalue weighted by atomic mass is 32.2. The summed E-state index contributed by atoms with van der Waals surface area (Å²) in [7, 11) is -2.89. The maximum atomic E-state index is 11.8. The third-order valence-corrected chi connectivity index (χ3v) is 5.06. The topological polar surface area (TPSA) is 46.2 Å². The number of sulfone groups is 1. The molecule has 4 heteroatoms. The van der Waals surface area contributed by atoms with Crippen LogP contribution >= 0.6 is 0 Å². The maximum absolute atomic E-state index is 11.8. The molecular formula is C11H23NO2S. The molecule has 0 aromatic heterocycles. The van der Waals surface area contributed by atoms with Gasteiger partial charge in [0.15, 0.2) is 9.84 Å². The van der Waals surface area contributed by atoms with Crippen LogP contribution in [0.4, 0.5) is 0 Å². The molecule has 0 heterocycles. The van der Waals surface area contributed by atoms with Crippen LogP contribution in [0.5, 0.6) is 0 Å². The molecule has 0 amide bonds. The Morgan fingerprint density at radius 2 is 1.87 bits per heavy atom. The molecule has 0 aromatic carbocycles. The monoisotopic (exact) mass is 233 g/mol. The predicted octanol–water partition coefficient (Wildman–Crippen LogP) is 1.59. The minimum absolute atomic E-state index is 0.239. The highest BCUT2D eigenvalue weighted by Gasteiger charge is 2.25. The van der Waals surface area contributed by atoms with Gasteiger partial charge in [0, 0.05) is 12.6 Å². The quantitative estimate of drug-likeness (QED) is 0.726. The van der Waals surface area contributed by atoms with Crippen molar-refractivity contribution >= 4 is 9.84 Å². The maximum Gasteiger partial charge on any atom is 0.154 e. The SMILES string of the molecule is CC(C)CCS(=O)(=O)C(C)CNC1CC1. The van der Waals surface area contributed by atoms with Gasteiger partial charge in [0.05, 0.1) is 11.0 Å². The van der Waals surface area contributed by atoms with Crippen LogP contribution in [0.1, 0.15) is 40.0 Å². The average Bonchev–Trinajstić information content (AvgIpc) is 2.94. The molecule has 0 bridgehead atoms. The van der Waals surface area contributed by atoms with Gasteiger partial charge >= 0.3 is 0 Å². The molecule has 1 saturated carbocycles. The van der Waals surface area contributed by atoms with E-state index in [2.05, 4.69) is 19.2 Å². The Bertz CT molecular complexity index is 281. The summed E-state index contributed by atoms with van der Waals surface area (Å²) in [5, 5.41) is 3.03. The summed E-state index contributed by atoms with van der Waals surface area (Å²) in [6.45, 7) is 6.54. The van der Waals surface area contributed by atoms with Gasteiger partial charge < -0.3 is 5.32 Å². The second-order valence-corrected chi connectivity index (χ2v) is 7.58. The molecular weight excluding hydrogens is 210 g/mol. The van der Waals surface area contributed by atoms with Gasteiger partial charge in [0.1, 0.15) is 0 Å². The van der Waals surface area contributed by atoms with Gasteiger partial charge in [-0.3, -0.25) is 0 Å². The van der Waals surface area contributed by atoms with E-state index in [0.717, 1.165) is 6.42 Å². The van der Waals surface area contributed by atoms with Gasteiger partial charge in [-0.15, -0.1) is 0 Å². The Hall–Kier alpha value is -0.0900. The molecule has 3 nitrogen and oxygen atoms in total. The number of hydrogen-bond donors (Lipinski definition) is 1. The first-order valence-electron chi connectivity index (χ1n) is 5.86. The van der Waals surface area contributed by atoms with Crippen molar-refractivity contribution in [2.75, 3.05) is 12.3 Å². The van der Waals surface area contributed by atoms with Gasteiger partial charge in [-0.1, -0.05) is 13.8 Å². The number of rotatable bonds is 7. The summed E-state index contributed by atoms with van der Waals surface area (Å²) >= 11 is 0. The van der Waals surface area contributed by atoms with Crippen LogP contribution in [0.15, 0.2) is 0 Å². The Balaban J connectivity index is 2.30. The van der Waals surface area contributed by atoms with Gasteiger partial charge in [-0.05, 0) is 32.1 Å². The summed E-state index contributed by atoms with van der Waals surface area (Å²) in [5.74, 6) is 0.793. The molecule has 0 aromatic rings.